The molecule has 1 aromatic heterocycles. The van der Waals surface area contributed by atoms with Gasteiger partial charge in [0.05, 0.1) is 17.1 Å². The van der Waals surface area contributed by atoms with E-state index in [1.54, 1.807) is 0 Å². The van der Waals surface area contributed by atoms with Gasteiger partial charge < -0.3 is 10.7 Å². The van der Waals surface area contributed by atoms with Crippen LogP contribution >= 0.6 is 0 Å². The topological polar surface area (TPSA) is 54.7 Å². The van der Waals surface area contributed by atoms with Crippen LogP contribution in [-0.4, -0.2) is 9.97 Å². The first-order chi connectivity index (χ1) is 8.47. The van der Waals surface area contributed by atoms with Crippen molar-refractivity contribution in [2.75, 3.05) is 0 Å². The maximum Gasteiger partial charge on any atom is 0.124 e. The molecule has 0 amide bonds. The summed E-state index contributed by atoms with van der Waals surface area (Å²) in [6, 6.07) is 6.40. The first kappa shape index (κ1) is 13.1. The van der Waals surface area contributed by atoms with Crippen molar-refractivity contribution in [2.24, 2.45) is 11.7 Å². The molecule has 18 heavy (non-hydrogen) atoms. The van der Waals surface area contributed by atoms with Crippen LogP contribution in [0.15, 0.2) is 18.2 Å². The Morgan fingerprint density at radius 2 is 1.94 bits per heavy atom. The van der Waals surface area contributed by atoms with Crippen molar-refractivity contribution in [3.63, 3.8) is 0 Å². The van der Waals surface area contributed by atoms with Gasteiger partial charge in [0.15, 0.2) is 0 Å². The Morgan fingerprint density at radius 3 is 2.56 bits per heavy atom. The lowest BCUT2D eigenvalue weighted by Crippen LogP contribution is -2.14. The normalized spacial score (nSPS) is 13.7. The van der Waals surface area contributed by atoms with E-state index in [-0.39, 0.29) is 6.04 Å². The van der Waals surface area contributed by atoms with Crippen molar-refractivity contribution in [3.8, 4) is 0 Å². The third-order valence-electron chi connectivity index (χ3n) is 3.27. The van der Waals surface area contributed by atoms with Crippen LogP contribution < -0.4 is 5.73 Å². The lowest BCUT2D eigenvalue weighted by Gasteiger charge is -2.10. The van der Waals surface area contributed by atoms with Crippen LogP contribution in [0.3, 0.4) is 0 Å². The van der Waals surface area contributed by atoms with E-state index in [0.29, 0.717) is 11.8 Å². The number of fused-ring (bicyclic) bond motifs is 1. The van der Waals surface area contributed by atoms with Crippen molar-refractivity contribution >= 4 is 11.0 Å². The molecule has 1 atom stereocenters. The zero-order valence-electron chi connectivity index (χ0n) is 11.7. The molecule has 0 aliphatic carbocycles. The summed E-state index contributed by atoms with van der Waals surface area (Å²) in [5, 5.41) is 0. The molecule has 0 saturated carbocycles. The number of nitrogens with one attached hydrogen (secondary N) is 1. The molecular formula is C15H23N3. The lowest BCUT2D eigenvalue weighted by atomic mass is 10.0. The Bertz CT molecular complexity index is 526. The molecule has 0 aliphatic heterocycles. The minimum atomic E-state index is -0.0000926. The Kier molecular flexibility index (Phi) is 3.71. The fraction of sp³-hybridized carbons (Fsp3) is 0.533. The minimum absolute atomic E-state index is 0.0000926. The molecule has 0 saturated heterocycles. The highest BCUT2D eigenvalue weighted by Gasteiger charge is 2.13. The number of hydrogen-bond acceptors (Lipinski definition) is 2. The van der Waals surface area contributed by atoms with E-state index in [2.05, 4.69) is 55.9 Å². The third kappa shape index (κ3) is 2.72. The summed E-state index contributed by atoms with van der Waals surface area (Å²) in [6.07, 6.45) is 0.955. The van der Waals surface area contributed by atoms with Gasteiger partial charge in [0, 0.05) is 0 Å². The molecule has 1 aromatic carbocycles. The predicted octanol–water partition coefficient (Wildman–Crippen LogP) is 3.73. The van der Waals surface area contributed by atoms with E-state index in [9.17, 15) is 0 Å². The maximum atomic E-state index is 6.16. The van der Waals surface area contributed by atoms with E-state index in [4.69, 9.17) is 5.73 Å². The predicted molar refractivity (Wildman–Crippen MR) is 76.6 cm³/mol. The number of hydrogen-bond donors (Lipinski definition) is 2. The van der Waals surface area contributed by atoms with Crippen LogP contribution in [0.1, 0.15) is 57.5 Å². The number of imidazole rings is 1. The maximum absolute atomic E-state index is 6.16. The highest BCUT2D eigenvalue weighted by molar-refractivity contribution is 5.76. The summed E-state index contributed by atoms with van der Waals surface area (Å²) in [6.45, 7) is 8.75. The zero-order valence-corrected chi connectivity index (χ0v) is 11.7. The van der Waals surface area contributed by atoms with Crippen LogP contribution in [0.2, 0.25) is 0 Å². The Hall–Kier alpha value is -1.35. The van der Waals surface area contributed by atoms with Crippen molar-refractivity contribution in [3.05, 3.63) is 29.6 Å². The number of rotatable bonds is 4. The van der Waals surface area contributed by atoms with Gasteiger partial charge in [-0.2, -0.15) is 0 Å². The average Bonchev–Trinajstić information content (AvgIpc) is 2.70. The molecule has 3 N–H and O–H groups in total. The molecule has 0 fully saturated rings. The largest absolute Gasteiger partial charge is 0.341 e. The number of aromatic nitrogens is 2. The Labute approximate surface area is 109 Å². The van der Waals surface area contributed by atoms with Crippen molar-refractivity contribution in [1.29, 1.82) is 0 Å². The Morgan fingerprint density at radius 1 is 1.22 bits per heavy atom. The second kappa shape index (κ2) is 5.11. The molecule has 0 bridgehead atoms. The fourth-order valence-electron chi connectivity index (χ4n) is 2.20. The number of nitrogens with zero attached hydrogens (tertiary/aromatic N) is 1. The Balaban J connectivity index is 2.32. The van der Waals surface area contributed by atoms with Crippen molar-refractivity contribution in [2.45, 2.75) is 46.1 Å². The number of benzene rings is 1. The number of nitrogens with two attached hydrogens (primary N) is 1. The summed E-state index contributed by atoms with van der Waals surface area (Å²) in [7, 11) is 0. The SMILES string of the molecule is CC(C)CC(N)c1nc2ccc(C(C)C)cc2[nH]1. The molecule has 1 heterocycles. The van der Waals surface area contributed by atoms with Gasteiger partial charge in [0.25, 0.3) is 0 Å². The summed E-state index contributed by atoms with van der Waals surface area (Å²) in [5.41, 5.74) is 9.59. The molecule has 3 heteroatoms. The first-order valence-corrected chi connectivity index (χ1v) is 6.72. The molecule has 0 spiro atoms. The zero-order chi connectivity index (χ0) is 13.3. The van der Waals surface area contributed by atoms with E-state index in [1.165, 1.54) is 5.56 Å². The molecule has 3 nitrogen and oxygen atoms in total. The van der Waals surface area contributed by atoms with Crippen LogP contribution in [0.4, 0.5) is 0 Å². The van der Waals surface area contributed by atoms with Gasteiger partial charge in [-0.25, -0.2) is 4.98 Å². The van der Waals surface area contributed by atoms with E-state index in [1.807, 2.05) is 0 Å². The lowest BCUT2D eigenvalue weighted by molar-refractivity contribution is 0.496. The van der Waals surface area contributed by atoms with Gasteiger partial charge in [-0.05, 0) is 36.0 Å². The van der Waals surface area contributed by atoms with Crippen molar-refractivity contribution in [1.82, 2.24) is 9.97 Å². The highest BCUT2D eigenvalue weighted by Crippen LogP contribution is 2.23. The van der Waals surface area contributed by atoms with Gasteiger partial charge in [-0.1, -0.05) is 33.8 Å². The molecular weight excluding hydrogens is 222 g/mol. The second-order valence-electron chi connectivity index (χ2n) is 5.79. The van der Waals surface area contributed by atoms with Crippen molar-refractivity contribution < 1.29 is 0 Å². The minimum Gasteiger partial charge on any atom is -0.341 e. The van der Waals surface area contributed by atoms with Crippen LogP contribution in [0.5, 0.6) is 0 Å². The van der Waals surface area contributed by atoms with Gasteiger partial charge in [0.1, 0.15) is 5.82 Å². The molecule has 1 unspecified atom stereocenters. The third-order valence-corrected chi connectivity index (χ3v) is 3.27. The summed E-state index contributed by atoms with van der Waals surface area (Å²) < 4.78 is 0. The van der Waals surface area contributed by atoms with Crippen LogP contribution in [-0.2, 0) is 0 Å². The van der Waals surface area contributed by atoms with Gasteiger partial charge in [0.2, 0.25) is 0 Å². The molecule has 98 valence electrons. The van der Waals surface area contributed by atoms with Crippen LogP contribution in [0.25, 0.3) is 11.0 Å². The number of aromatic amines is 1. The standard InChI is InChI=1S/C15H23N3/c1-9(2)7-12(16)15-17-13-6-5-11(10(3)4)8-14(13)18-15/h5-6,8-10,12H,7,16H2,1-4H3,(H,17,18). The van der Waals surface area contributed by atoms with E-state index in [0.717, 1.165) is 23.3 Å². The van der Waals surface area contributed by atoms with E-state index < -0.39 is 0 Å². The van der Waals surface area contributed by atoms with Crippen LogP contribution in [0, 0.1) is 5.92 Å². The smallest absolute Gasteiger partial charge is 0.124 e. The average molecular weight is 245 g/mol. The molecule has 0 radical (unpaired) electrons. The summed E-state index contributed by atoms with van der Waals surface area (Å²) >= 11 is 0. The molecule has 0 aliphatic rings. The highest BCUT2D eigenvalue weighted by atomic mass is 15.0. The molecule has 2 rings (SSSR count). The monoisotopic (exact) mass is 245 g/mol. The first-order valence-electron chi connectivity index (χ1n) is 6.72. The van der Waals surface area contributed by atoms with Gasteiger partial charge in [-0.15, -0.1) is 0 Å². The summed E-state index contributed by atoms with van der Waals surface area (Å²) in [4.78, 5) is 7.95. The number of H-pyrrole nitrogens is 1. The second-order valence-corrected chi connectivity index (χ2v) is 5.79. The van der Waals surface area contributed by atoms with E-state index >= 15 is 0 Å². The summed E-state index contributed by atoms with van der Waals surface area (Å²) in [5.74, 6) is 2.02. The van der Waals surface area contributed by atoms with Gasteiger partial charge >= 0.3 is 0 Å². The quantitative estimate of drug-likeness (QED) is 0.862. The van der Waals surface area contributed by atoms with Gasteiger partial charge in [-0.3, -0.25) is 0 Å². The molecule has 2 aromatic rings. The fourth-order valence-corrected chi connectivity index (χ4v) is 2.20.